The van der Waals surface area contributed by atoms with Crippen LogP contribution in [0.25, 0.3) is 0 Å². The molecule has 82 valence electrons. The van der Waals surface area contributed by atoms with Gasteiger partial charge in [-0.05, 0) is 24.5 Å². The molecule has 1 aliphatic rings. The lowest BCUT2D eigenvalue weighted by Gasteiger charge is -2.29. The topological polar surface area (TPSA) is 50.9 Å². The van der Waals surface area contributed by atoms with Gasteiger partial charge in [-0.15, -0.1) is 0 Å². The van der Waals surface area contributed by atoms with E-state index in [-0.39, 0.29) is 0 Å². The molecular weight excluding hydrogens is 186 g/mol. The van der Waals surface area contributed by atoms with Crippen molar-refractivity contribution in [3.05, 3.63) is 30.1 Å². The summed E-state index contributed by atoms with van der Waals surface area (Å²) in [6.07, 6.45) is 8.66. The van der Waals surface area contributed by atoms with E-state index in [9.17, 15) is 0 Å². The Balaban J connectivity index is 1.82. The van der Waals surface area contributed by atoms with Crippen molar-refractivity contribution < 1.29 is 0 Å². The molecule has 0 saturated heterocycles. The van der Waals surface area contributed by atoms with Crippen molar-refractivity contribution in [1.29, 1.82) is 0 Å². The molecule has 15 heavy (non-hydrogen) atoms. The van der Waals surface area contributed by atoms with Gasteiger partial charge in [0, 0.05) is 31.0 Å². The van der Waals surface area contributed by atoms with E-state index in [0.717, 1.165) is 13.0 Å². The van der Waals surface area contributed by atoms with Crippen molar-refractivity contribution in [3.8, 4) is 0 Å². The van der Waals surface area contributed by atoms with Crippen LogP contribution >= 0.6 is 0 Å². The van der Waals surface area contributed by atoms with Gasteiger partial charge in [0.1, 0.15) is 0 Å². The molecule has 0 radical (unpaired) electrons. The van der Waals surface area contributed by atoms with E-state index >= 15 is 0 Å². The number of hydrogen-bond donors (Lipinski definition) is 2. The SMILES string of the molecule is NC1CCCCC1NCc1cccnc1. The van der Waals surface area contributed by atoms with E-state index in [1.165, 1.54) is 24.8 Å². The van der Waals surface area contributed by atoms with Gasteiger partial charge in [-0.2, -0.15) is 0 Å². The summed E-state index contributed by atoms with van der Waals surface area (Å²) >= 11 is 0. The normalized spacial score (nSPS) is 26.5. The highest BCUT2D eigenvalue weighted by molar-refractivity contribution is 5.08. The zero-order valence-electron chi connectivity index (χ0n) is 9.02. The van der Waals surface area contributed by atoms with Crippen molar-refractivity contribution in [2.75, 3.05) is 0 Å². The van der Waals surface area contributed by atoms with Crippen LogP contribution in [0.1, 0.15) is 31.2 Å². The summed E-state index contributed by atoms with van der Waals surface area (Å²) in [6.45, 7) is 0.881. The molecule has 1 heterocycles. The summed E-state index contributed by atoms with van der Waals surface area (Å²) in [5.74, 6) is 0. The number of rotatable bonds is 3. The number of pyridine rings is 1. The number of nitrogens with one attached hydrogen (secondary N) is 1. The predicted octanol–water partition coefficient (Wildman–Crippen LogP) is 1.44. The highest BCUT2D eigenvalue weighted by atomic mass is 15.0. The molecule has 0 bridgehead atoms. The van der Waals surface area contributed by atoms with E-state index in [1.807, 2.05) is 12.3 Å². The van der Waals surface area contributed by atoms with E-state index in [0.29, 0.717) is 12.1 Å². The molecule has 3 nitrogen and oxygen atoms in total. The van der Waals surface area contributed by atoms with Gasteiger partial charge in [0.05, 0.1) is 0 Å². The van der Waals surface area contributed by atoms with Crippen molar-refractivity contribution in [2.45, 2.75) is 44.3 Å². The van der Waals surface area contributed by atoms with Crippen LogP contribution in [-0.4, -0.2) is 17.1 Å². The lowest BCUT2D eigenvalue weighted by Crippen LogP contribution is -2.46. The van der Waals surface area contributed by atoms with Crippen molar-refractivity contribution in [3.63, 3.8) is 0 Å². The Hall–Kier alpha value is -0.930. The third kappa shape index (κ3) is 3.01. The molecular formula is C12H19N3. The summed E-state index contributed by atoms with van der Waals surface area (Å²) < 4.78 is 0. The zero-order chi connectivity index (χ0) is 10.5. The van der Waals surface area contributed by atoms with Gasteiger partial charge in [-0.25, -0.2) is 0 Å². The lowest BCUT2D eigenvalue weighted by atomic mass is 9.91. The average molecular weight is 205 g/mol. The summed E-state index contributed by atoms with van der Waals surface area (Å²) in [6, 6.07) is 4.88. The molecule has 1 fully saturated rings. The Kier molecular flexibility index (Phi) is 3.69. The van der Waals surface area contributed by atoms with Gasteiger partial charge in [-0.1, -0.05) is 18.9 Å². The number of nitrogens with two attached hydrogens (primary N) is 1. The molecule has 1 aromatic heterocycles. The molecule has 0 aliphatic heterocycles. The second-order valence-corrected chi connectivity index (χ2v) is 4.30. The quantitative estimate of drug-likeness (QED) is 0.785. The highest BCUT2D eigenvalue weighted by Gasteiger charge is 2.20. The van der Waals surface area contributed by atoms with Crippen LogP contribution in [0.3, 0.4) is 0 Å². The average Bonchev–Trinajstić information content (AvgIpc) is 2.29. The third-order valence-corrected chi connectivity index (χ3v) is 3.11. The maximum atomic E-state index is 6.07. The second-order valence-electron chi connectivity index (χ2n) is 4.30. The fourth-order valence-corrected chi connectivity index (χ4v) is 2.16. The van der Waals surface area contributed by atoms with E-state index in [4.69, 9.17) is 5.73 Å². The maximum absolute atomic E-state index is 6.07. The third-order valence-electron chi connectivity index (χ3n) is 3.11. The van der Waals surface area contributed by atoms with Crippen LogP contribution in [0.2, 0.25) is 0 Å². The maximum Gasteiger partial charge on any atom is 0.0312 e. The molecule has 1 aromatic rings. The van der Waals surface area contributed by atoms with Crippen LogP contribution in [0.15, 0.2) is 24.5 Å². The monoisotopic (exact) mass is 205 g/mol. The Labute approximate surface area is 91.1 Å². The summed E-state index contributed by atoms with van der Waals surface area (Å²) in [7, 11) is 0. The van der Waals surface area contributed by atoms with Crippen molar-refractivity contribution in [2.24, 2.45) is 5.73 Å². The fraction of sp³-hybridized carbons (Fsp3) is 0.583. The minimum atomic E-state index is 0.329. The van der Waals surface area contributed by atoms with Gasteiger partial charge in [0.2, 0.25) is 0 Å². The second kappa shape index (κ2) is 5.24. The van der Waals surface area contributed by atoms with Gasteiger partial charge >= 0.3 is 0 Å². The molecule has 2 unspecified atom stereocenters. The summed E-state index contributed by atoms with van der Waals surface area (Å²) in [4.78, 5) is 4.10. The first-order valence-electron chi connectivity index (χ1n) is 5.74. The Morgan fingerprint density at radius 1 is 1.40 bits per heavy atom. The van der Waals surface area contributed by atoms with Crippen LogP contribution in [0, 0.1) is 0 Å². The first-order chi connectivity index (χ1) is 7.36. The van der Waals surface area contributed by atoms with Crippen LogP contribution in [0.4, 0.5) is 0 Å². The minimum Gasteiger partial charge on any atom is -0.326 e. The zero-order valence-corrected chi connectivity index (χ0v) is 9.02. The molecule has 1 aliphatic carbocycles. The first kappa shape index (κ1) is 10.6. The Morgan fingerprint density at radius 2 is 2.27 bits per heavy atom. The van der Waals surface area contributed by atoms with Crippen LogP contribution in [0.5, 0.6) is 0 Å². The van der Waals surface area contributed by atoms with Gasteiger partial charge in [0.15, 0.2) is 0 Å². The van der Waals surface area contributed by atoms with Crippen LogP contribution in [-0.2, 0) is 6.54 Å². The molecule has 3 N–H and O–H groups in total. The number of nitrogens with zero attached hydrogens (tertiary/aromatic N) is 1. The standard InChI is InChI=1S/C12H19N3/c13-11-5-1-2-6-12(11)15-9-10-4-3-7-14-8-10/h3-4,7-8,11-12,15H,1-2,5-6,9,13H2. The largest absolute Gasteiger partial charge is 0.326 e. The van der Waals surface area contributed by atoms with Gasteiger partial charge < -0.3 is 11.1 Å². The molecule has 0 spiro atoms. The van der Waals surface area contributed by atoms with E-state index < -0.39 is 0 Å². The van der Waals surface area contributed by atoms with E-state index in [2.05, 4.69) is 16.4 Å². The molecule has 2 atom stereocenters. The Morgan fingerprint density at radius 3 is 3.00 bits per heavy atom. The Bertz CT molecular complexity index is 286. The van der Waals surface area contributed by atoms with E-state index in [1.54, 1.807) is 6.20 Å². The molecule has 2 rings (SSSR count). The molecule has 0 amide bonds. The smallest absolute Gasteiger partial charge is 0.0312 e. The predicted molar refractivity (Wildman–Crippen MR) is 61.3 cm³/mol. The van der Waals surface area contributed by atoms with Crippen LogP contribution < -0.4 is 11.1 Å². The van der Waals surface area contributed by atoms with Gasteiger partial charge in [0.25, 0.3) is 0 Å². The van der Waals surface area contributed by atoms with Crippen molar-refractivity contribution >= 4 is 0 Å². The fourth-order valence-electron chi connectivity index (χ4n) is 2.16. The molecule has 0 aromatic carbocycles. The van der Waals surface area contributed by atoms with Gasteiger partial charge in [-0.3, -0.25) is 4.98 Å². The molecule has 1 saturated carbocycles. The number of hydrogen-bond acceptors (Lipinski definition) is 3. The first-order valence-corrected chi connectivity index (χ1v) is 5.74. The number of aromatic nitrogens is 1. The van der Waals surface area contributed by atoms with Crippen molar-refractivity contribution in [1.82, 2.24) is 10.3 Å². The molecule has 3 heteroatoms. The minimum absolute atomic E-state index is 0.329. The highest BCUT2D eigenvalue weighted by Crippen LogP contribution is 2.17. The summed E-state index contributed by atoms with van der Waals surface area (Å²) in [5.41, 5.74) is 7.30. The lowest BCUT2D eigenvalue weighted by molar-refractivity contribution is 0.326. The summed E-state index contributed by atoms with van der Waals surface area (Å²) in [5, 5.41) is 3.52.